The fourth-order valence-electron chi connectivity index (χ4n) is 1.30. The van der Waals surface area contributed by atoms with Crippen molar-refractivity contribution in [1.82, 2.24) is 5.32 Å². The molecular formula is C13H18F2N2O. The third-order valence-electron chi connectivity index (χ3n) is 2.73. The summed E-state index contributed by atoms with van der Waals surface area (Å²) >= 11 is 0. The first-order valence-corrected chi connectivity index (χ1v) is 5.84. The molecule has 0 aliphatic heterocycles. The molecule has 100 valence electrons. The summed E-state index contributed by atoms with van der Waals surface area (Å²) < 4.78 is 25.6. The topological polar surface area (TPSA) is 41.1 Å². The second kappa shape index (κ2) is 5.80. The number of rotatable bonds is 5. The molecule has 3 nitrogen and oxygen atoms in total. The minimum Gasteiger partial charge on any atom is -0.376 e. The van der Waals surface area contributed by atoms with Gasteiger partial charge in [-0.3, -0.25) is 4.79 Å². The third-order valence-corrected chi connectivity index (χ3v) is 2.73. The van der Waals surface area contributed by atoms with Gasteiger partial charge in [0.2, 0.25) is 5.91 Å². The molecule has 0 heterocycles. The first-order chi connectivity index (χ1) is 8.34. The Morgan fingerprint density at radius 2 is 1.94 bits per heavy atom. The number of nitrogens with one attached hydrogen (secondary N) is 2. The monoisotopic (exact) mass is 256 g/mol. The molecule has 0 aromatic heterocycles. The number of amides is 1. The molecule has 0 radical (unpaired) electrons. The van der Waals surface area contributed by atoms with E-state index in [0.29, 0.717) is 5.69 Å². The highest BCUT2D eigenvalue weighted by atomic mass is 19.2. The predicted octanol–water partition coefficient (Wildman–Crippen LogP) is 2.68. The SMILES string of the molecule is CCC(C)(C)NC(=O)CNc1ccc(F)c(F)c1. The van der Waals surface area contributed by atoms with Crippen LogP contribution in [0.5, 0.6) is 0 Å². The van der Waals surface area contributed by atoms with E-state index in [-0.39, 0.29) is 18.0 Å². The fourth-order valence-corrected chi connectivity index (χ4v) is 1.30. The largest absolute Gasteiger partial charge is 0.376 e. The van der Waals surface area contributed by atoms with Gasteiger partial charge in [-0.1, -0.05) is 6.92 Å². The van der Waals surface area contributed by atoms with Crippen molar-refractivity contribution >= 4 is 11.6 Å². The average molecular weight is 256 g/mol. The molecule has 0 fully saturated rings. The van der Waals surface area contributed by atoms with E-state index in [1.807, 2.05) is 20.8 Å². The molecule has 1 rings (SSSR count). The smallest absolute Gasteiger partial charge is 0.239 e. The molecule has 0 bridgehead atoms. The quantitative estimate of drug-likeness (QED) is 0.850. The highest BCUT2D eigenvalue weighted by Gasteiger charge is 2.17. The predicted molar refractivity (Wildman–Crippen MR) is 67.4 cm³/mol. The summed E-state index contributed by atoms with van der Waals surface area (Å²) in [6, 6.07) is 3.43. The maximum Gasteiger partial charge on any atom is 0.239 e. The van der Waals surface area contributed by atoms with Crippen LogP contribution in [0.1, 0.15) is 27.2 Å². The Labute approximate surface area is 106 Å². The highest BCUT2D eigenvalue weighted by Crippen LogP contribution is 2.13. The molecule has 0 saturated heterocycles. The Morgan fingerprint density at radius 3 is 2.50 bits per heavy atom. The second-order valence-electron chi connectivity index (χ2n) is 4.77. The average Bonchev–Trinajstić information content (AvgIpc) is 2.30. The van der Waals surface area contributed by atoms with E-state index in [4.69, 9.17) is 0 Å². The molecule has 2 N–H and O–H groups in total. The minimum atomic E-state index is -0.936. The van der Waals surface area contributed by atoms with E-state index < -0.39 is 11.6 Å². The number of hydrogen-bond donors (Lipinski definition) is 2. The normalized spacial score (nSPS) is 11.2. The molecular weight excluding hydrogens is 238 g/mol. The van der Waals surface area contributed by atoms with Gasteiger partial charge >= 0.3 is 0 Å². The lowest BCUT2D eigenvalue weighted by Crippen LogP contribution is -2.45. The molecule has 1 aromatic rings. The molecule has 18 heavy (non-hydrogen) atoms. The Balaban J connectivity index is 2.50. The number of hydrogen-bond acceptors (Lipinski definition) is 2. The van der Waals surface area contributed by atoms with Gasteiger partial charge < -0.3 is 10.6 Å². The summed E-state index contributed by atoms with van der Waals surface area (Å²) in [5.41, 5.74) is 0.102. The summed E-state index contributed by atoms with van der Waals surface area (Å²) in [6.45, 7) is 5.84. The molecule has 0 aliphatic carbocycles. The van der Waals surface area contributed by atoms with Crippen LogP contribution in [0.3, 0.4) is 0 Å². The standard InChI is InChI=1S/C13H18F2N2O/c1-4-13(2,3)17-12(18)8-16-9-5-6-10(14)11(15)7-9/h5-7,16H,4,8H2,1-3H3,(H,17,18). The van der Waals surface area contributed by atoms with Crippen molar-refractivity contribution in [3.05, 3.63) is 29.8 Å². The Hall–Kier alpha value is -1.65. The van der Waals surface area contributed by atoms with Gasteiger partial charge in [0.1, 0.15) is 0 Å². The molecule has 1 amide bonds. The van der Waals surface area contributed by atoms with Crippen molar-refractivity contribution in [1.29, 1.82) is 0 Å². The summed E-state index contributed by atoms with van der Waals surface area (Å²) in [5, 5.41) is 5.57. The van der Waals surface area contributed by atoms with Crippen LogP contribution in [0.4, 0.5) is 14.5 Å². The lowest BCUT2D eigenvalue weighted by molar-refractivity contribution is -0.121. The van der Waals surface area contributed by atoms with Crippen molar-refractivity contribution in [2.45, 2.75) is 32.7 Å². The van der Waals surface area contributed by atoms with Crippen LogP contribution < -0.4 is 10.6 Å². The van der Waals surface area contributed by atoms with E-state index in [0.717, 1.165) is 18.6 Å². The number of halogens is 2. The molecule has 1 aromatic carbocycles. The Morgan fingerprint density at radius 1 is 1.28 bits per heavy atom. The summed E-state index contributed by atoms with van der Waals surface area (Å²) in [6.07, 6.45) is 0.809. The van der Waals surface area contributed by atoms with Gasteiger partial charge in [0, 0.05) is 17.3 Å². The summed E-state index contributed by atoms with van der Waals surface area (Å²) in [4.78, 5) is 11.6. The van der Waals surface area contributed by atoms with Crippen LogP contribution >= 0.6 is 0 Å². The van der Waals surface area contributed by atoms with Crippen molar-refractivity contribution in [3.63, 3.8) is 0 Å². The maximum absolute atomic E-state index is 12.9. The van der Waals surface area contributed by atoms with E-state index >= 15 is 0 Å². The number of benzene rings is 1. The Bertz CT molecular complexity index is 433. The number of carbonyl (C=O) groups excluding carboxylic acids is 1. The van der Waals surface area contributed by atoms with Crippen LogP contribution in [-0.4, -0.2) is 18.0 Å². The zero-order valence-corrected chi connectivity index (χ0v) is 10.8. The zero-order chi connectivity index (χ0) is 13.8. The van der Waals surface area contributed by atoms with Crippen LogP contribution in [0.2, 0.25) is 0 Å². The van der Waals surface area contributed by atoms with Crippen LogP contribution in [-0.2, 0) is 4.79 Å². The van der Waals surface area contributed by atoms with Gasteiger partial charge in [-0.15, -0.1) is 0 Å². The molecule has 0 spiro atoms. The lowest BCUT2D eigenvalue weighted by atomic mass is 10.0. The molecule has 0 aliphatic rings. The van der Waals surface area contributed by atoms with Crippen molar-refractivity contribution in [2.75, 3.05) is 11.9 Å². The van der Waals surface area contributed by atoms with Gasteiger partial charge in [-0.05, 0) is 32.4 Å². The van der Waals surface area contributed by atoms with Gasteiger partial charge in [-0.2, -0.15) is 0 Å². The molecule has 0 saturated carbocycles. The van der Waals surface area contributed by atoms with E-state index in [1.165, 1.54) is 6.07 Å². The molecule has 0 atom stereocenters. The Kier molecular flexibility index (Phi) is 4.64. The van der Waals surface area contributed by atoms with Gasteiger partial charge in [0.05, 0.1) is 6.54 Å². The maximum atomic E-state index is 12.9. The van der Waals surface area contributed by atoms with E-state index in [9.17, 15) is 13.6 Å². The summed E-state index contributed by atoms with van der Waals surface area (Å²) in [7, 11) is 0. The summed E-state index contributed by atoms with van der Waals surface area (Å²) in [5.74, 6) is -2.03. The van der Waals surface area contributed by atoms with Crippen LogP contribution in [0, 0.1) is 11.6 Å². The molecule has 0 unspecified atom stereocenters. The molecule has 5 heteroatoms. The van der Waals surface area contributed by atoms with E-state index in [1.54, 1.807) is 0 Å². The minimum absolute atomic E-state index is 0.0223. The van der Waals surface area contributed by atoms with Gasteiger partial charge in [0.15, 0.2) is 11.6 Å². The lowest BCUT2D eigenvalue weighted by Gasteiger charge is -2.24. The third kappa shape index (κ3) is 4.31. The first kappa shape index (κ1) is 14.4. The number of anilines is 1. The van der Waals surface area contributed by atoms with Crippen LogP contribution in [0.15, 0.2) is 18.2 Å². The highest BCUT2D eigenvalue weighted by molar-refractivity contribution is 5.81. The van der Waals surface area contributed by atoms with E-state index in [2.05, 4.69) is 10.6 Å². The van der Waals surface area contributed by atoms with Gasteiger partial charge in [0.25, 0.3) is 0 Å². The first-order valence-electron chi connectivity index (χ1n) is 5.84. The zero-order valence-electron chi connectivity index (χ0n) is 10.8. The van der Waals surface area contributed by atoms with Gasteiger partial charge in [-0.25, -0.2) is 8.78 Å². The van der Waals surface area contributed by atoms with Crippen molar-refractivity contribution in [2.24, 2.45) is 0 Å². The van der Waals surface area contributed by atoms with Crippen molar-refractivity contribution < 1.29 is 13.6 Å². The second-order valence-corrected chi connectivity index (χ2v) is 4.77. The fraction of sp³-hybridized carbons (Fsp3) is 0.462. The number of carbonyl (C=O) groups is 1. The van der Waals surface area contributed by atoms with Crippen LogP contribution in [0.25, 0.3) is 0 Å². The van der Waals surface area contributed by atoms with Crippen molar-refractivity contribution in [3.8, 4) is 0 Å².